The van der Waals surface area contributed by atoms with E-state index >= 15 is 0 Å². The van der Waals surface area contributed by atoms with Gasteiger partial charge in [-0.3, -0.25) is 4.79 Å². The Hall–Kier alpha value is -4.59. The number of hydrogen-bond donors (Lipinski definition) is 3. The first-order chi connectivity index (χ1) is 22.8. The number of carbonyl (C=O) groups excluding carboxylic acids is 1. The molecule has 0 spiro atoms. The molecule has 11 nitrogen and oxygen atoms in total. The van der Waals surface area contributed by atoms with Crippen LogP contribution in [0.5, 0.6) is 17.5 Å². The molecular weight excluding hydrogens is 627 g/mol. The average molecular weight is 672 g/mol. The van der Waals surface area contributed by atoms with E-state index in [1.165, 1.54) is 0 Å². The molecule has 0 unspecified atom stereocenters. The number of nitrogens with one attached hydrogen (secondary N) is 3. The third-order valence-corrected chi connectivity index (χ3v) is 7.03. The van der Waals surface area contributed by atoms with Crippen molar-refractivity contribution in [3.8, 4) is 17.5 Å². The number of alkyl halides is 3. The molecule has 3 heterocycles. The van der Waals surface area contributed by atoms with Gasteiger partial charge in [-0.05, 0) is 75.0 Å². The Morgan fingerprint density at radius 1 is 0.958 bits per heavy atom. The lowest BCUT2D eigenvalue weighted by molar-refractivity contribution is -0.154. The molecule has 3 aromatic rings. The number of fused-ring (bicyclic) bond motifs is 11. The standard InChI is InChI=1S/C34H44F3N7O4/c1-33(2,22-44(3)4)21-39-29(45)27-16-13-25-19-28(27)47-18-10-8-6-5-7-9-17-46-26-14-11-24(12-15-26)20-38-30-41-31(40-25)43-32(42-30)48-23-34(35,36)37/h5-6,11-16,19H,7-10,17-18,20-23H2,1-4H3,(H,39,45)(H2,38,40,41,42,43). The Balaban J connectivity index is 1.61. The third kappa shape index (κ3) is 12.5. The number of ether oxygens (including phenoxy) is 3. The fourth-order valence-corrected chi connectivity index (χ4v) is 4.96. The molecule has 1 aromatic heterocycles. The molecule has 2 aliphatic heterocycles. The van der Waals surface area contributed by atoms with Crippen molar-refractivity contribution in [1.82, 2.24) is 25.2 Å². The average Bonchev–Trinajstić information content (AvgIpc) is 3.02. The number of halogens is 3. The monoisotopic (exact) mass is 671 g/mol. The molecule has 0 radical (unpaired) electrons. The van der Waals surface area contributed by atoms with Crippen molar-refractivity contribution in [1.29, 1.82) is 0 Å². The van der Waals surface area contributed by atoms with Crippen molar-refractivity contribution in [3.63, 3.8) is 0 Å². The lowest BCUT2D eigenvalue weighted by atomic mass is 9.93. The predicted molar refractivity (Wildman–Crippen MR) is 178 cm³/mol. The Labute approximate surface area is 279 Å². The second kappa shape index (κ2) is 17.0. The molecule has 0 fully saturated rings. The Kier molecular flexibility index (Phi) is 12.8. The number of aromatic nitrogens is 3. The van der Waals surface area contributed by atoms with Gasteiger partial charge in [0, 0.05) is 31.4 Å². The lowest BCUT2D eigenvalue weighted by Gasteiger charge is -2.28. The van der Waals surface area contributed by atoms with Crippen LogP contribution in [0, 0.1) is 5.41 Å². The third-order valence-electron chi connectivity index (χ3n) is 7.03. The van der Waals surface area contributed by atoms with Gasteiger partial charge in [-0.2, -0.15) is 28.1 Å². The zero-order valence-electron chi connectivity index (χ0n) is 27.8. The topological polar surface area (TPSA) is 123 Å². The molecule has 3 N–H and O–H groups in total. The van der Waals surface area contributed by atoms with E-state index in [0.717, 1.165) is 43.5 Å². The lowest BCUT2D eigenvalue weighted by Crippen LogP contribution is -2.40. The van der Waals surface area contributed by atoms with Crippen LogP contribution in [0.4, 0.5) is 30.8 Å². The molecule has 5 rings (SSSR count). The van der Waals surface area contributed by atoms with E-state index in [-0.39, 0.29) is 29.8 Å². The SMILES string of the molecule is CN(C)CC(C)(C)CNC(=O)c1ccc2cc1OCCCC=CCCCOc1ccc(cc1)CNc1nc(nc(OCC(F)(F)F)n1)N2. The van der Waals surface area contributed by atoms with Crippen LogP contribution in [0.15, 0.2) is 54.6 Å². The summed E-state index contributed by atoms with van der Waals surface area (Å²) in [7, 11) is 3.97. The number of allylic oxidation sites excluding steroid dienone is 2. The van der Waals surface area contributed by atoms with E-state index in [1.807, 2.05) is 38.4 Å². The van der Waals surface area contributed by atoms with Gasteiger partial charge in [0.2, 0.25) is 11.9 Å². The zero-order valence-corrected chi connectivity index (χ0v) is 27.8. The second-order valence-corrected chi connectivity index (χ2v) is 12.5. The van der Waals surface area contributed by atoms with Gasteiger partial charge in [-0.1, -0.05) is 38.1 Å². The normalized spacial score (nSPS) is 14.7. The fourth-order valence-electron chi connectivity index (χ4n) is 4.96. The van der Waals surface area contributed by atoms with Crippen molar-refractivity contribution in [2.45, 2.75) is 52.3 Å². The summed E-state index contributed by atoms with van der Waals surface area (Å²) in [5, 5.41) is 9.04. The summed E-state index contributed by atoms with van der Waals surface area (Å²) < 4.78 is 55.7. The first-order valence-electron chi connectivity index (χ1n) is 15.9. The number of carbonyl (C=O) groups is 1. The van der Waals surface area contributed by atoms with E-state index in [4.69, 9.17) is 14.2 Å². The maximum atomic E-state index is 13.3. The smallest absolute Gasteiger partial charge is 0.422 e. The van der Waals surface area contributed by atoms with E-state index in [9.17, 15) is 18.0 Å². The molecule has 0 aliphatic carbocycles. The van der Waals surface area contributed by atoms with E-state index in [2.05, 4.69) is 61.8 Å². The van der Waals surface area contributed by atoms with Crippen LogP contribution in [-0.4, -0.2) is 78.9 Å². The molecule has 0 saturated heterocycles. The molecule has 0 saturated carbocycles. The van der Waals surface area contributed by atoms with Crippen LogP contribution in [-0.2, 0) is 6.54 Å². The summed E-state index contributed by atoms with van der Waals surface area (Å²) in [4.78, 5) is 27.8. The van der Waals surface area contributed by atoms with Crippen LogP contribution in [0.25, 0.3) is 0 Å². The Morgan fingerprint density at radius 2 is 1.65 bits per heavy atom. The van der Waals surface area contributed by atoms with Crippen LogP contribution in [0.1, 0.15) is 55.5 Å². The highest BCUT2D eigenvalue weighted by Gasteiger charge is 2.29. The van der Waals surface area contributed by atoms with Gasteiger partial charge in [-0.15, -0.1) is 0 Å². The first kappa shape index (κ1) is 36.2. The summed E-state index contributed by atoms with van der Waals surface area (Å²) in [5.41, 5.74) is 1.50. The van der Waals surface area contributed by atoms with Gasteiger partial charge in [0.15, 0.2) is 6.61 Å². The summed E-state index contributed by atoms with van der Waals surface area (Å²) in [6.07, 6.45) is 2.90. The molecule has 6 bridgehead atoms. The van der Waals surface area contributed by atoms with Gasteiger partial charge in [0.05, 0.1) is 18.8 Å². The molecule has 14 heteroatoms. The van der Waals surface area contributed by atoms with Crippen LogP contribution in [0.3, 0.4) is 0 Å². The number of nitrogens with zero attached hydrogens (tertiary/aromatic N) is 4. The number of benzene rings is 2. The number of amides is 1. The van der Waals surface area contributed by atoms with Crippen molar-refractivity contribution >= 4 is 23.5 Å². The minimum absolute atomic E-state index is 0.00343. The zero-order chi connectivity index (χ0) is 34.6. The fraction of sp³-hybridized carbons (Fsp3) is 0.471. The summed E-state index contributed by atoms with van der Waals surface area (Å²) in [6.45, 7) is 5.01. The Bertz CT molecular complexity index is 1520. The Morgan fingerprint density at radius 3 is 2.33 bits per heavy atom. The molecule has 260 valence electrons. The molecule has 2 aliphatic rings. The molecule has 1 amide bonds. The highest BCUT2D eigenvalue weighted by atomic mass is 19.4. The summed E-state index contributed by atoms with van der Waals surface area (Å²) in [6, 6.07) is 11.9. The number of hydrogen-bond acceptors (Lipinski definition) is 10. The maximum Gasteiger partial charge on any atom is 0.422 e. The quantitative estimate of drug-likeness (QED) is 0.244. The minimum Gasteiger partial charge on any atom is -0.494 e. The van der Waals surface area contributed by atoms with Gasteiger partial charge < -0.3 is 35.1 Å². The van der Waals surface area contributed by atoms with Gasteiger partial charge in [0.25, 0.3) is 5.91 Å². The highest BCUT2D eigenvalue weighted by Crippen LogP contribution is 2.27. The molecule has 2 aromatic carbocycles. The summed E-state index contributed by atoms with van der Waals surface area (Å²) in [5.74, 6) is 0.728. The van der Waals surface area contributed by atoms with Gasteiger partial charge in [-0.25, -0.2) is 0 Å². The van der Waals surface area contributed by atoms with Crippen molar-refractivity contribution < 1.29 is 32.2 Å². The van der Waals surface area contributed by atoms with Gasteiger partial charge in [0.1, 0.15) is 11.5 Å². The first-order valence-corrected chi connectivity index (χ1v) is 15.9. The molecule has 0 atom stereocenters. The largest absolute Gasteiger partial charge is 0.494 e. The van der Waals surface area contributed by atoms with E-state index in [0.29, 0.717) is 36.8 Å². The minimum atomic E-state index is -4.59. The molecular formula is C34H44F3N7O4. The summed E-state index contributed by atoms with van der Waals surface area (Å²) >= 11 is 0. The van der Waals surface area contributed by atoms with E-state index in [1.54, 1.807) is 18.2 Å². The van der Waals surface area contributed by atoms with Crippen LogP contribution >= 0.6 is 0 Å². The number of rotatable bonds is 7. The highest BCUT2D eigenvalue weighted by molar-refractivity contribution is 5.97. The van der Waals surface area contributed by atoms with E-state index < -0.39 is 18.8 Å². The maximum absolute atomic E-state index is 13.3. The molecule has 48 heavy (non-hydrogen) atoms. The van der Waals surface area contributed by atoms with Crippen LogP contribution < -0.4 is 30.2 Å². The van der Waals surface area contributed by atoms with Gasteiger partial charge >= 0.3 is 12.2 Å². The van der Waals surface area contributed by atoms with Crippen molar-refractivity contribution in [2.75, 3.05) is 57.6 Å². The predicted octanol–water partition coefficient (Wildman–Crippen LogP) is 6.37. The van der Waals surface area contributed by atoms with Crippen molar-refractivity contribution in [3.05, 3.63) is 65.7 Å². The second-order valence-electron chi connectivity index (χ2n) is 12.5. The number of anilines is 3. The van der Waals surface area contributed by atoms with Crippen LogP contribution in [0.2, 0.25) is 0 Å². The van der Waals surface area contributed by atoms with Crippen molar-refractivity contribution in [2.24, 2.45) is 5.41 Å².